The minimum absolute atomic E-state index is 0.471. The third kappa shape index (κ3) is 3.30. The molecule has 0 fully saturated rings. The second-order valence-corrected chi connectivity index (χ2v) is 5.00. The van der Waals surface area contributed by atoms with Crippen LogP contribution >= 0.6 is 28.1 Å². The number of H-pyrrole nitrogens is 1. The third-order valence-corrected chi connectivity index (χ3v) is 3.27. The van der Waals surface area contributed by atoms with Crippen molar-refractivity contribution in [2.24, 2.45) is 5.10 Å². The number of nitrogens with zero attached hydrogens (tertiary/aromatic N) is 3. The lowest BCUT2D eigenvalue weighted by Crippen LogP contribution is -1.95. The molecule has 2 aromatic rings. The van der Waals surface area contributed by atoms with E-state index in [1.54, 1.807) is 10.9 Å². The number of rotatable bonds is 4. The van der Waals surface area contributed by atoms with Gasteiger partial charge in [0.1, 0.15) is 11.6 Å². The summed E-state index contributed by atoms with van der Waals surface area (Å²) in [5.74, 6) is 1.53. The minimum Gasteiger partial charge on any atom is -0.493 e. The van der Waals surface area contributed by atoms with Crippen LogP contribution in [0.25, 0.3) is 0 Å². The highest BCUT2D eigenvalue weighted by Crippen LogP contribution is 2.25. The van der Waals surface area contributed by atoms with Crippen molar-refractivity contribution < 1.29 is 4.74 Å². The predicted octanol–water partition coefficient (Wildman–Crippen LogP) is 3.29. The summed E-state index contributed by atoms with van der Waals surface area (Å²) in [6.45, 7) is 4.42. The van der Waals surface area contributed by atoms with Crippen LogP contribution in [0.2, 0.25) is 0 Å². The standard InChI is InChI=1S/C12H13BrN4OS/c1-3-18-11-5-4-9(6-10(11)13)7-14-17-8(2)15-16-12(17)19/h4-7H,3H2,1-2H3,(H,16,19)/b14-7-. The molecule has 100 valence electrons. The molecule has 7 heteroatoms. The summed E-state index contributed by atoms with van der Waals surface area (Å²) in [4.78, 5) is 0. The Bertz CT molecular complexity index is 662. The fourth-order valence-electron chi connectivity index (χ4n) is 1.50. The smallest absolute Gasteiger partial charge is 0.216 e. The molecule has 1 N–H and O–H groups in total. The zero-order valence-corrected chi connectivity index (χ0v) is 13.0. The first-order chi connectivity index (χ1) is 9.11. The van der Waals surface area contributed by atoms with Gasteiger partial charge in [-0.05, 0) is 65.8 Å². The zero-order valence-electron chi connectivity index (χ0n) is 10.6. The molecule has 0 saturated carbocycles. The van der Waals surface area contributed by atoms with Gasteiger partial charge < -0.3 is 4.74 Å². The van der Waals surface area contributed by atoms with Crippen molar-refractivity contribution in [3.05, 3.63) is 38.8 Å². The largest absolute Gasteiger partial charge is 0.493 e. The van der Waals surface area contributed by atoms with Gasteiger partial charge in [-0.3, -0.25) is 5.10 Å². The van der Waals surface area contributed by atoms with E-state index in [1.165, 1.54) is 0 Å². The highest BCUT2D eigenvalue weighted by molar-refractivity contribution is 9.10. The van der Waals surface area contributed by atoms with E-state index in [2.05, 4.69) is 31.2 Å². The molecular formula is C12H13BrN4OS. The highest BCUT2D eigenvalue weighted by atomic mass is 79.9. The zero-order chi connectivity index (χ0) is 13.8. The Morgan fingerprint density at radius 2 is 2.37 bits per heavy atom. The summed E-state index contributed by atoms with van der Waals surface area (Å²) in [6, 6.07) is 5.77. The Hall–Kier alpha value is -1.47. The van der Waals surface area contributed by atoms with E-state index in [4.69, 9.17) is 17.0 Å². The van der Waals surface area contributed by atoms with E-state index in [0.29, 0.717) is 17.2 Å². The lowest BCUT2D eigenvalue weighted by Gasteiger charge is -2.05. The van der Waals surface area contributed by atoms with E-state index in [-0.39, 0.29) is 0 Å². The molecule has 19 heavy (non-hydrogen) atoms. The molecule has 0 atom stereocenters. The summed E-state index contributed by atoms with van der Waals surface area (Å²) in [5.41, 5.74) is 0.942. The van der Waals surface area contributed by atoms with Gasteiger partial charge in [0.15, 0.2) is 0 Å². The number of hydrogen-bond acceptors (Lipinski definition) is 4. The quantitative estimate of drug-likeness (QED) is 0.686. The van der Waals surface area contributed by atoms with Crippen LogP contribution in [-0.4, -0.2) is 27.7 Å². The fourth-order valence-corrected chi connectivity index (χ4v) is 2.24. The number of aryl methyl sites for hydroxylation is 1. The van der Waals surface area contributed by atoms with Crippen LogP contribution in [0, 0.1) is 11.7 Å². The van der Waals surface area contributed by atoms with E-state index in [0.717, 1.165) is 15.8 Å². The van der Waals surface area contributed by atoms with Crippen molar-refractivity contribution in [3.8, 4) is 5.75 Å². The summed E-state index contributed by atoms with van der Waals surface area (Å²) < 4.78 is 8.39. The van der Waals surface area contributed by atoms with Gasteiger partial charge in [0, 0.05) is 0 Å². The summed E-state index contributed by atoms with van der Waals surface area (Å²) >= 11 is 8.53. The van der Waals surface area contributed by atoms with Crippen LogP contribution in [-0.2, 0) is 0 Å². The average molecular weight is 341 g/mol. The number of aromatic amines is 1. The van der Waals surface area contributed by atoms with Gasteiger partial charge in [0.25, 0.3) is 0 Å². The van der Waals surface area contributed by atoms with Gasteiger partial charge in [-0.2, -0.15) is 14.9 Å². The first-order valence-corrected chi connectivity index (χ1v) is 6.92. The molecule has 0 radical (unpaired) electrons. The van der Waals surface area contributed by atoms with Crippen LogP contribution in [0.15, 0.2) is 27.8 Å². The van der Waals surface area contributed by atoms with Gasteiger partial charge in [-0.25, -0.2) is 0 Å². The van der Waals surface area contributed by atoms with Gasteiger partial charge in [0.05, 0.1) is 17.3 Å². The van der Waals surface area contributed by atoms with Gasteiger partial charge in [-0.15, -0.1) is 0 Å². The Labute approximate surface area is 124 Å². The summed E-state index contributed by atoms with van der Waals surface area (Å²) in [7, 11) is 0. The van der Waals surface area contributed by atoms with Crippen molar-refractivity contribution >= 4 is 34.4 Å². The first kappa shape index (κ1) is 14.0. The highest BCUT2D eigenvalue weighted by Gasteiger charge is 2.01. The number of hydrogen-bond donors (Lipinski definition) is 1. The van der Waals surface area contributed by atoms with Crippen LogP contribution in [0.4, 0.5) is 0 Å². The molecule has 0 spiro atoms. The van der Waals surface area contributed by atoms with E-state index in [9.17, 15) is 0 Å². The molecule has 0 aliphatic heterocycles. The van der Waals surface area contributed by atoms with Crippen molar-refractivity contribution in [2.45, 2.75) is 13.8 Å². The van der Waals surface area contributed by atoms with Crippen LogP contribution < -0.4 is 4.74 Å². The van der Waals surface area contributed by atoms with E-state index < -0.39 is 0 Å². The van der Waals surface area contributed by atoms with Crippen molar-refractivity contribution in [1.29, 1.82) is 0 Å². The molecule has 5 nitrogen and oxygen atoms in total. The Kier molecular flexibility index (Phi) is 4.49. The molecule has 0 aliphatic rings. The Morgan fingerprint density at radius 1 is 1.58 bits per heavy atom. The molecule has 1 aromatic heterocycles. The van der Waals surface area contributed by atoms with Crippen molar-refractivity contribution in [2.75, 3.05) is 6.61 Å². The van der Waals surface area contributed by atoms with Crippen LogP contribution in [0.5, 0.6) is 5.75 Å². The minimum atomic E-state index is 0.471. The SMILES string of the molecule is CCOc1ccc(/C=N\n2c(C)n[nH]c2=S)cc1Br. The number of nitrogens with one attached hydrogen (secondary N) is 1. The topological polar surface area (TPSA) is 55.2 Å². The van der Waals surface area contributed by atoms with Crippen LogP contribution in [0.3, 0.4) is 0 Å². The molecular weight excluding hydrogens is 328 g/mol. The maximum absolute atomic E-state index is 5.45. The van der Waals surface area contributed by atoms with E-state index >= 15 is 0 Å². The lowest BCUT2D eigenvalue weighted by atomic mass is 10.2. The number of benzene rings is 1. The number of ether oxygens (including phenoxy) is 1. The van der Waals surface area contributed by atoms with Gasteiger partial charge >= 0.3 is 0 Å². The Morgan fingerprint density at radius 3 is 2.95 bits per heavy atom. The monoisotopic (exact) mass is 340 g/mol. The molecule has 0 saturated heterocycles. The van der Waals surface area contributed by atoms with Crippen molar-refractivity contribution in [1.82, 2.24) is 14.9 Å². The second kappa shape index (κ2) is 6.12. The fraction of sp³-hybridized carbons (Fsp3) is 0.250. The molecule has 0 bridgehead atoms. The number of aromatic nitrogens is 3. The average Bonchev–Trinajstić information content (AvgIpc) is 2.70. The first-order valence-electron chi connectivity index (χ1n) is 5.72. The molecule has 2 rings (SSSR count). The predicted molar refractivity (Wildman–Crippen MR) is 80.5 cm³/mol. The molecule has 0 aliphatic carbocycles. The molecule has 1 heterocycles. The molecule has 0 unspecified atom stereocenters. The number of halogens is 1. The van der Waals surface area contributed by atoms with E-state index in [1.807, 2.05) is 32.0 Å². The van der Waals surface area contributed by atoms with Crippen molar-refractivity contribution in [3.63, 3.8) is 0 Å². The van der Waals surface area contributed by atoms with Gasteiger partial charge in [0.2, 0.25) is 4.77 Å². The lowest BCUT2D eigenvalue weighted by molar-refractivity contribution is 0.338. The maximum Gasteiger partial charge on any atom is 0.216 e. The molecule has 0 amide bonds. The summed E-state index contributed by atoms with van der Waals surface area (Å²) in [5, 5.41) is 11.0. The maximum atomic E-state index is 5.45. The second-order valence-electron chi connectivity index (χ2n) is 3.76. The Balaban J connectivity index is 2.25. The van der Waals surface area contributed by atoms with Gasteiger partial charge in [-0.1, -0.05) is 0 Å². The molecule has 1 aromatic carbocycles. The third-order valence-electron chi connectivity index (χ3n) is 2.39. The van der Waals surface area contributed by atoms with Crippen LogP contribution in [0.1, 0.15) is 18.3 Å². The summed E-state index contributed by atoms with van der Waals surface area (Å²) in [6.07, 6.45) is 1.72. The normalized spacial score (nSPS) is 11.1.